The molecule has 0 radical (unpaired) electrons. The van der Waals surface area contributed by atoms with Crippen LogP contribution >= 0.6 is 22.9 Å². The van der Waals surface area contributed by atoms with Gasteiger partial charge in [-0.05, 0) is 57.2 Å². The SMILES string of the molecule is CCOc1cc(C(=O)Nc2cc(-c3nc4ccccc4s3)ccc2Cl)cc(OCC)c1OCC. The van der Waals surface area contributed by atoms with Gasteiger partial charge in [0.15, 0.2) is 11.5 Å². The van der Waals surface area contributed by atoms with Gasteiger partial charge < -0.3 is 19.5 Å². The summed E-state index contributed by atoms with van der Waals surface area (Å²) in [6.45, 7) is 6.91. The number of para-hydroxylation sites is 1. The number of nitrogens with zero attached hydrogens (tertiary/aromatic N) is 1. The molecule has 176 valence electrons. The standard InChI is InChI=1S/C26H25ClN2O4S/c1-4-31-21-14-17(15-22(32-5-2)24(21)33-6-3)25(30)28-20-13-16(11-12-18(20)27)26-29-19-9-7-8-10-23(19)34-26/h7-15H,4-6H2,1-3H3,(H,28,30). The van der Waals surface area contributed by atoms with E-state index in [1.807, 2.05) is 57.2 Å². The molecule has 4 aromatic rings. The lowest BCUT2D eigenvalue weighted by molar-refractivity contribution is 0.102. The lowest BCUT2D eigenvalue weighted by Gasteiger charge is -2.17. The van der Waals surface area contributed by atoms with E-state index in [0.717, 1.165) is 20.8 Å². The zero-order valence-electron chi connectivity index (χ0n) is 19.2. The normalized spacial score (nSPS) is 10.8. The first-order chi connectivity index (χ1) is 16.5. The maximum Gasteiger partial charge on any atom is 0.255 e. The molecule has 6 nitrogen and oxygen atoms in total. The Morgan fingerprint density at radius 1 is 0.941 bits per heavy atom. The van der Waals surface area contributed by atoms with E-state index in [2.05, 4.69) is 5.32 Å². The number of ether oxygens (including phenoxy) is 3. The van der Waals surface area contributed by atoms with Gasteiger partial charge in [-0.3, -0.25) is 4.79 Å². The average molecular weight is 497 g/mol. The summed E-state index contributed by atoms with van der Waals surface area (Å²) < 4.78 is 18.3. The summed E-state index contributed by atoms with van der Waals surface area (Å²) in [6, 6.07) is 16.7. The van der Waals surface area contributed by atoms with E-state index >= 15 is 0 Å². The van der Waals surface area contributed by atoms with E-state index in [9.17, 15) is 4.79 Å². The van der Waals surface area contributed by atoms with E-state index in [1.54, 1.807) is 29.5 Å². The third kappa shape index (κ3) is 5.11. The second-order valence-corrected chi connectivity index (χ2v) is 8.67. The molecule has 1 heterocycles. The van der Waals surface area contributed by atoms with Crippen LogP contribution in [0.3, 0.4) is 0 Å². The van der Waals surface area contributed by atoms with Gasteiger partial charge in [0.25, 0.3) is 5.91 Å². The van der Waals surface area contributed by atoms with Crippen LogP contribution in [0.2, 0.25) is 5.02 Å². The molecule has 0 spiro atoms. The van der Waals surface area contributed by atoms with Crippen LogP contribution in [0.5, 0.6) is 17.2 Å². The molecule has 34 heavy (non-hydrogen) atoms. The summed E-state index contributed by atoms with van der Waals surface area (Å²) >= 11 is 8.01. The molecule has 1 aromatic heterocycles. The Balaban J connectivity index is 1.66. The summed E-state index contributed by atoms with van der Waals surface area (Å²) in [6.07, 6.45) is 0. The number of nitrogens with one attached hydrogen (secondary N) is 1. The van der Waals surface area contributed by atoms with Gasteiger partial charge >= 0.3 is 0 Å². The monoisotopic (exact) mass is 496 g/mol. The number of carbonyl (C=O) groups is 1. The van der Waals surface area contributed by atoms with Gasteiger partial charge in [-0.1, -0.05) is 29.8 Å². The Morgan fingerprint density at radius 2 is 1.62 bits per heavy atom. The third-order valence-corrected chi connectivity index (χ3v) is 6.34. The van der Waals surface area contributed by atoms with Crippen LogP contribution in [0.4, 0.5) is 5.69 Å². The van der Waals surface area contributed by atoms with Crippen LogP contribution in [0.1, 0.15) is 31.1 Å². The van der Waals surface area contributed by atoms with Crippen molar-refractivity contribution in [2.75, 3.05) is 25.1 Å². The molecule has 0 aliphatic heterocycles. The number of hydrogen-bond acceptors (Lipinski definition) is 6. The van der Waals surface area contributed by atoms with Gasteiger partial charge in [0.2, 0.25) is 5.75 Å². The first kappa shape index (κ1) is 23.9. The fraction of sp³-hybridized carbons (Fsp3) is 0.231. The van der Waals surface area contributed by atoms with Gasteiger partial charge in [0.1, 0.15) is 5.01 Å². The first-order valence-corrected chi connectivity index (χ1v) is 12.3. The molecule has 3 aromatic carbocycles. The van der Waals surface area contributed by atoms with Crippen LogP contribution in [0.15, 0.2) is 54.6 Å². The topological polar surface area (TPSA) is 69.7 Å². The molecule has 0 fully saturated rings. The molecular weight excluding hydrogens is 472 g/mol. The number of carbonyl (C=O) groups excluding carboxylic acids is 1. The van der Waals surface area contributed by atoms with Crippen LogP contribution < -0.4 is 19.5 Å². The van der Waals surface area contributed by atoms with Crippen molar-refractivity contribution in [1.29, 1.82) is 0 Å². The fourth-order valence-electron chi connectivity index (χ4n) is 3.46. The zero-order valence-corrected chi connectivity index (χ0v) is 20.8. The predicted octanol–water partition coefficient (Wildman–Crippen LogP) is 7.07. The second-order valence-electron chi connectivity index (χ2n) is 7.24. The van der Waals surface area contributed by atoms with Gasteiger partial charge in [0, 0.05) is 11.1 Å². The van der Waals surface area contributed by atoms with Gasteiger partial charge in [-0.25, -0.2) is 4.98 Å². The Hall–Kier alpha value is -3.29. The van der Waals surface area contributed by atoms with Crippen molar-refractivity contribution in [1.82, 2.24) is 4.98 Å². The number of thiazole rings is 1. The number of benzene rings is 3. The summed E-state index contributed by atoms with van der Waals surface area (Å²) in [5, 5.41) is 4.20. The molecule has 0 aliphatic rings. The first-order valence-electron chi connectivity index (χ1n) is 11.1. The molecule has 0 unspecified atom stereocenters. The lowest BCUT2D eigenvalue weighted by Crippen LogP contribution is -2.13. The van der Waals surface area contributed by atoms with E-state index in [-0.39, 0.29) is 5.91 Å². The minimum atomic E-state index is -0.340. The van der Waals surface area contributed by atoms with Gasteiger partial charge in [-0.15, -0.1) is 11.3 Å². The van der Waals surface area contributed by atoms with Crippen molar-refractivity contribution in [2.24, 2.45) is 0 Å². The van der Waals surface area contributed by atoms with Gasteiger partial charge in [0.05, 0.1) is 40.7 Å². The summed E-state index contributed by atoms with van der Waals surface area (Å²) in [5.41, 5.74) is 2.67. The maximum atomic E-state index is 13.2. The molecule has 0 bridgehead atoms. The molecule has 1 amide bonds. The van der Waals surface area contributed by atoms with Crippen molar-refractivity contribution in [3.8, 4) is 27.8 Å². The number of rotatable bonds is 9. The molecule has 0 saturated carbocycles. The Bertz CT molecular complexity index is 1260. The highest BCUT2D eigenvalue weighted by Crippen LogP contribution is 2.40. The molecule has 0 aliphatic carbocycles. The molecular formula is C26H25ClN2O4S. The fourth-order valence-corrected chi connectivity index (χ4v) is 4.59. The Labute approximate surface area is 207 Å². The Kier molecular flexibility index (Phi) is 7.55. The second kappa shape index (κ2) is 10.8. The molecule has 8 heteroatoms. The predicted molar refractivity (Wildman–Crippen MR) is 138 cm³/mol. The molecule has 1 N–H and O–H groups in total. The highest BCUT2D eigenvalue weighted by Gasteiger charge is 2.19. The number of hydrogen-bond donors (Lipinski definition) is 1. The van der Waals surface area contributed by atoms with E-state index in [1.165, 1.54) is 0 Å². The number of aromatic nitrogens is 1. The van der Waals surface area contributed by atoms with Crippen molar-refractivity contribution in [3.63, 3.8) is 0 Å². The largest absolute Gasteiger partial charge is 0.490 e. The average Bonchev–Trinajstić information content (AvgIpc) is 3.27. The molecule has 0 atom stereocenters. The molecule has 0 saturated heterocycles. The third-order valence-electron chi connectivity index (χ3n) is 4.93. The minimum absolute atomic E-state index is 0.340. The van der Waals surface area contributed by atoms with Crippen molar-refractivity contribution >= 4 is 44.7 Å². The summed E-state index contributed by atoms with van der Waals surface area (Å²) in [5.74, 6) is 1.05. The highest BCUT2D eigenvalue weighted by atomic mass is 35.5. The number of anilines is 1. The van der Waals surface area contributed by atoms with Crippen LogP contribution in [-0.4, -0.2) is 30.7 Å². The highest BCUT2D eigenvalue weighted by molar-refractivity contribution is 7.21. The molecule has 4 rings (SSSR count). The zero-order chi connectivity index (χ0) is 24.1. The van der Waals surface area contributed by atoms with Crippen molar-refractivity contribution in [3.05, 3.63) is 65.2 Å². The minimum Gasteiger partial charge on any atom is -0.490 e. The van der Waals surface area contributed by atoms with Crippen LogP contribution in [0.25, 0.3) is 20.8 Å². The number of halogens is 1. The van der Waals surface area contributed by atoms with Gasteiger partial charge in [-0.2, -0.15) is 0 Å². The van der Waals surface area contributed by atoms with Crippen LogP contribution in [-0.2, 0) is 0 Å². The number of amides is 1. The van der Waals surface area contributed by atoms with E-state index in [4.69, 9.17) is 30.8 Å². The summed E-state index contributed by atoms with van der Waals surface area (Å²) in [7, 11) is 0. The van der Waals surface area contributed by atoms with Crippen LogP contribution in [0, 0.1) is 0 Å². The smallest absolute Gasteiger partial charge is 0.255 e. The Morgan fingerprint density at radius 3 is 2.26 bits per heavy atom. The quantitative estimate of drug-likeness (QED) is 0.268. The van der Waals surface area contributed by atoms with E-state index in [0.29, 0.717) is 53.3 Å². The maximum absolute atomic E-state index is 13.2. The number of fused-ring (bicyclic) bond motifs is 1. The van der Waals surface area contributed by atoms with Crippen molar-refractivity contribution in [2.45, 2.75) is 20.8 Å². The summed E-state index contributed by atoms with van der Waals surface area (Å²) in [4.78, 5) is 17.9. The van der Waals surface area contributed by atoms with E-state index < -0.39 is 0 Å². The lowest BCUT2D eigenvalue weighted by atomic mass is 10.1. The van der Waals surface area contributed by atoms with Crippen molar-refractivity contribution < 1.29 is 19.0 Å².